The lowest BCUT2D eigenvalue weighted by atomic mass is 10.3. The Kier molecular flexibility index (Phi) is 3.76. The summed E-state index contributed by atoms with van der Waals surface area (Å²) in [7, 11) is 1.95. The van der Waals surface area contributed by atoms with Gasteiger partial charge < -0.3 is 5.32 Å². The van der Waals surface area contributed by atoms with Gasteiger partial charge in [0.1, 0.15) is 12.2 Å². The van der Waals surface area contributed by atoms with E-state index in [0.29, 0.717) is 12.6 Å². The summed E-state index contributed by atoms with van der Waals surface area (Å²) >= 11 is 0. The van der Waals surface area contributed by atoms with Crippen molar-refractivity contribution < 1.29 is 0 Å². The summed E-state index contributed by atoms with van der Waals surface area (Å²) in [5.74, 6) is 0.947. The largest absolute Gasteiger partial charge is 0.308 e. The topological polar surface area (TPSA) is 60.6 Å². The maximum Gasteiger partial charge on any atom is 0.141 e. The number of aromatic nitrogens is 5. The van der Waals surface area contributed by atoms with E-state index in [4.69, 9.17) is 0 Å². The maximum absolute atomic E-state index is 4.34. The van der Waals surface area contributed by atoms with Crippen LogP contribution in [-0.4, -0.2) is 30.6 Å². The Balaban J connectivity index is 2.10. The molecule has 0 aromatic carbocycles. The molecule has 0 radical (unpaired) electrons. The molecule has 0 aliphatic rings. The fraction of sp³-hybridized carbons (Fsp3) is 0.583. The number of hydrogen-bond acceptors (Lipinski definition) is 4. The number of rotatable bonds is 5. The Hall–Kier alpha value is -1.69. The number of aryl methyl sites for hydroxylation is 2. The summed E-state index contributed by atoms with van der Waals surface area (Å²) in [6, 6.07) is 2.51. The molecule has 0 fully saturated rings. The Labute approximate surface area is 107 Å². The molecule has 0 spiro atoms. The molecule has 6 heteroatoms. The molecule has 18 heavy (non-hydrogen) atoms. The van der Waals surface area contributed by atoms with Gasteiger partial charge in [0.15, 0.2) is 0 Å². The summed E-state index contributed by atoms with van der Waals surface area (Å²) in [4.78, 5) is 4.28. The van der Waals surface area contributed by atoms with E-state index in [1.807, 2.05) is 23.3 Å². The van der Waals surface area contributed by atoms with E-state index in [2.05, 4.69) is 40.4 Å². The lowest BCUT2D eigenvalue weighted by Gasteiger charge is -2.09. The van der Waals surface area contributed by atoms with Gasteiger partial charge in [-0.25, -0.2) is 9.67 Å². The van der Waals surface area contributed by atoms with Gasteiger partial charge in [-0.15, -0.1) is 0 Å². The van der Waals surface area contributed by atoms with Crippen molar-refractivity contribution in [2.75, 3.05) is 0 Å². The van der Waals surface area contributed by atoms with E-state index in [1.165, 1.54) is 0 Å². The van der Waals surface area contributed by atoms with Crippen LogP contribution in [0.2, 0.25) is 0 Å². The minimum absolute atomic E-state index is 0.439. The molecule has 0 saturated carbocycles. The second-order valence-electron chi connectivity index (χ2n) is 4.77. The minimum atomic E-state index is 0.439. The van der Waals surface area contributed by atoms with E-state index in [1.54, 1.807) is 6.33 Å². The smallest absolute Gasteiger partial charge is 0.141 e. The number of nitrogens with one attached hydrogen (secondary N) is 1. The Morgan fingerprint density at radius 2 is 2.17 bits per heavy atom. The maximum atomic E-state index is 4.34. The van der Waals surface area contributed by atoms with Gasteiger partial charge in [-0.05, 0) is 13.0 Å². The molecule has 0 atom stereocenters. The standard InChI is InChI=1S/C12H20N6/c1-9(2)13-6-12-14-8-15-18(12)7-11-5-10(3)16-17(11)4/h5,8-9,13H,6-7H2,1-4H3. The summed E-state index contributed by atoms with van der Waals surface area (Å²) in [5.41, 5.74) is 2.15. The Morgan fingerprint density at radius 3 is 2.78 bits per heavy atom. The molecular weight excluding hydrogens is 228 g/mol. The molecule has 1 N–H and O–H groups in total. The monoisotopic (exact) mass is 248 g/mol. The zero-order chi connectivity index (χ0) is 13.1. The van der Waals surface area contributed by atoms with Crippen LogP contribution >= 0.6 is 0 Å². The fourth-order valence-electron chi connectivity index (χ4n) is 1.82. The quantitative estimate of drug-likeness (QED) is 0.853. The van der Waals surface area contributed by atoms with Gasteiger partial charge in [-0.1, -0.05) is 13.8 Å². The minimum Gasteiger partial charge on any atom is -0.308 e. The van der Waals surface area contributed by atoms with E-state index >= 15 is 0 Å². The molecule has 2 aromatic rings. The Morgan fingerprint density at radius 1 is 1.39 bits per heavy atom. The molecule has 0 aliphatic heterocycles. The predicted octanol–water partition coefficient (Wildman–Crippen LogP) is 0.866. The lowest BCUT2D eigenvalue weighted by molar-refractivity contribution is 0.529. The van der Waals surface area contributed by atoms with E-state index in [-0.39, 0.29) is 0 Å². The normalized spacial score (nSPS) is 11.4. The van der Waals surface area contributed by atoms with E-state index in [9.17, 15) is 0 Å². The molecule has 98 valence electrons. The highest BCUT2D eigenvalue weighted by Crippen LogP contribution is 2.05. The SMILES string of the molecule is Cc1cc(Cn2ncnc2CNC(C)C)n(C)n1. The van der Waals surface area contributed by atoms with E-state index in [0.717, 1.165) is 23.8 Å². The van der Waals surface area contributed by atoms with Crippen LogP contribution in [0.4, 0.5) is 0 Å². The van der Waals surface area contributed by atoms with Crippen LogP contribution in [0.15, 0.2) is 12.4 Å². The fourth-order valence-corrected chi connectivity index (χ4v) is 1.82. The number of hydrogen-bond donors (Lipinski definition) is 1. The van der Waals surface area contributed by atoms with Gasteiger partial charge in [0.25, 0.3) is 0 Å². The van der Waals surface area contributed by atoms with Crippen molar-refractivity contribution in [1.82, 2.24) is 29.9 Å². The van der Waals surface area contributed by atoms with Gasteiger partial charge in [-0.2, -0.15) is 10.2 Å². The van der Waals surface area contributed by atoms with Crippen molar-refractivity contribution in [3.8, 4) is 0 Å². The molecule has 0 aliphatic carbocycles. The van der Waals surface area contributed by atoms with Gasteiger partial charge in [-0.3, -0.25) is 4.68 Å². The van der Waals surface area contributed by atoms with Crippen LogP contribution in [0.25, 0.3) is 0 Å². The molecular formula is C12H20N6. The highest BCUT2D eigenvalue weighted by Gasteiger charge is 2.08. The highest BCUT2D eigenvalue weighted by molar-refractivity contribution is 5.09. The zero-order valence-corrected chi connectivity index (χ0v) is 11.4. The third kappa shape index (κ3) is 2.95. The van der Waals surface area contributed by atoms with Crippen LogP contribution in [0.5, 0.6) is 0 Å². The van der Waals surface area contributed by atoms with Crippen LogP contribution < -0.4 is 5.32 Å². The lowest BCUT2D eigenvalue weighted by Crippen LogP contribution is -2.24. The van der Waals surface area contributed by atoms with Crippen LogP contribution in [0.1, 0.15) is 31.1 Å². The van der Waals surface area contributed by atoms with Crippen molar-refractivity contribution in [3.63, 3.8) is 0 Å². The second kappa shape index (κ2) is 5.30. The molecule has 2 heterocycles. The van der Waals surface area contributed by atoms with Crippen LogP contribution in [0.3, 0.4) is 0 Å². The predicted molar refractivity (Wildman–Crippen MR) is 69.0 cm³/mol. The molecule has 0 unspecified atom stereocenters. The summed E-state index contributed by atoms with van der Waals surface area (Å²) in [5, 5.41) is 11.9. The van der Waals surface area contributed by atoms with E-state index < -0.39 is 0 Å². The first-order chi connectivity index (χ1) is 8.56. The van der Waals surface area contributed by atoms with Gasteiger partial charge in [0, 0.05) is 13.1 Å². The van der Waals surface area contributed by atoms with Gasteiger partial charge >= 0.3 is 0 Å². The third-order valence-electron chi connectivity index (χ3n) is 2.77. The average molecular weight is 248 g/mol. The second-order valence-corrected chi connectivity index (χ2v) is 4.77. The van der Waals surface area contributed by atoms with Crippen LogP contribution in [0, 0.1) is 6.92 Å². The number of nitrogens with zero attached hydrogens (tertiary/aromatic N) is 5. The van der Waals surface area contributed by atoms with Crippen molar-refractivity contribution >= 4 is 0 Å². The molecule has 2 aromatic heterocycles. The summed E-state index contributed by atoms with van der Waals surface area (Å²) < 4.78 is 3.79. The molecule has 0 amide bonds. The van der Waals surface area contributed by atoms with Gasteiger partial charge in [0.2, 0.25) is 0 Å². The first-order valence-electron chi connectivity index (χ1n) is 6.16. The first kappa shape index (κ1) is 12.8. The summed E-state index contributed by atoms with van der Waals surface area (Å²) in [6.07, 6.45) is 1.60. The van der Waals surface area contributed by atoms with Crippen molar-refractivity contribution in [2.24, 2.45) is 7.05 Å². The molecule has 0 saturated heterocycles. The van der Waals surface area contributed by atoms with Crippen molar-refractivity contribution in [1.29, 1.82) is 0 Å². The zero-order valence-electron chi connectivity index (χ0n) is 11.4. The molecule has 2 rings (SSSR count). The first-order valence-corrected chi connectivity index (χ1v) is 6.16. The Bertz CT molecular complexity index is 510. The molecule has 0 bridgehead atoms. The van der Waals surface area contributed by atoms with Crippen molar-refractivity contribution in [3.05, 3.63) is 29.6 Å². The third-order valence-corrected chi connectivity index (χ3v) is 2.77. The molecule has 6 nitrogen and oxygen atoms in total. The van der Waals surface area contributed by atoms with Crippen LogP contribution in [-0.2, 0) is 20.1 Å². The average Bonchev–Trinajstić information content (AvgIpc) is 2.84. The van der Waals surface area contributed by atoms with Crippen molar-refractivity contribution in [2.45, 2.75) is 39.9 Å². The summed E-state index contributed by atoms with van der Waals surface area (Å²) in [6.45, 7) is 7.66. The highest BCUT2D eigenvalue weighted by atomic mass is 15.4. The van der Waals surface area contributed by atoms with Gasteiger partial charge in [0.05, 0.1) is 24.5 Å².